The van der Waals surface area contributed by atoms with Gasteiger partial charge in [0.25, 0.3) is 0 Å². The van der Waals surface area contributed by atoms with Crippen molar-refractivity contribution in [3.63, 3.8) is 0 Å². The molecule has 0 radical (unpaired) electrons. The zero-order valence-corrected chi connectivity index (χ0v) is 19.8. The molecule has 0 fully saturated rings. The highest BCUT2D eigenvalue weighted by molar-refractivity contribution is 14.0. The van der Waals surface area contributed by atoms with Crippen molar-refractivity contribution in [1.29, 1.82) is 0 Å². The normalized spacial score (nSPS) is 12.4. The van der Waals surface area contributed by atoms with Crippen molar-refractivity contribution in [2.75, 3.05) is 32.8 Å². The second kappa shape index (κ2) is 13.1. The van der Waals surface area contributed by atoms with Crippen molar-refractivity contribution in [3.05, 3.63) is 65.2 Å². The highest BCUT2D eigenvalue weighted by Gasteiger charge is 2.11. The van der Waals surface area contributed by atoms with Gasteiger partial charge in [0.15, 0.2) is 5.96 Å². The lowest BCUT2D eigenvalue weighted by Crippen LogP contribution is -2.39. The number of hydrogen-bond donors (Lipinski definition) is 3. The number of fused-ring (bicyclic) bond motifs is 1. The zero-order valence-electron chi connectivity index (χ0n) is 17.4. The fraction of sp³-hybridized carbons (Fsp3) is 0.391. The van der Waals surface area contributed by atoms with Gasteiger partial charge in [-0.25, -0.2) is 4.99 Å². The number of aliphatic imine (C=N–C) groups is 1. The first kappa shape index (κ1) is 24.0. The molecule has 1 heterocycles. The number of nitrogens with one attached hydrogen (secondary N) is 3. The fourth-order valence-electron chi connectivity index (χ4n) is 3.26. The van der Waals surface area contributed by atoms with Crippen LogP contribution in [0.15, 0.2) is 53.5 Å². The lowest BCUT2D eigenvalue weighted by molar-refractivity contribution is -0.119. The summed E-state index contributed by atoms with van der Waals surface area (Å²) >= 11 is 0. The quantitative estimate of drug-likeness (QED) is 0.269. The van der Waals surface area contributed by atoms with Crippen molar-refractivity contribution in [2.24, 2.45) is 4.99 Å². The van der Waals surface area contributed by atoms with Crippen molar-refractivity contribution in [3.8, 4) is 5.75 Å². The summed E-state index contributed by atoms with van der Waals surface area (Å²) in [5, 5.41) is 9.41. The molecule has 0 aliphatic carbocycles. The van der Waals surface area contributed by atoms with Gasteiger partial charge in [0.2, 0.25) is 5.91 Å². The molecule has 7 heteroatoms. The van der Waals surface area contributed by atoms with Crippen LogP contribution in [0.1, 0.15) is 23.6 Å². The summed E-state index contributed by atoms with van der Waals surface area (Å²) in [7, 11) is 0. The lowest BCUT2D eigenvalue weighted by Gasteiger charge is -2.12. The summed E-state index contributed by atoms with van der Waals surface area (Å²) in [4.78, 5) is 16.5. The molecule has 1 amide bonds. The molecule has 0 unspecified atom stereocenters. The van der Waals surface area contributed by atoms with Crippen LogP contribution in [-0.2, 0) is 24.1 Å². The molecule has 3 N–H and O–H groups in total. The number of benzene rings is 2. The second-order valence-corrected chi connectivity index (χ2v) is 7.00. The van der Waals surface area contributed by atoms with Gasteiger partial charge in [0.05, 0.1) is 6.61 Å². The van der Waals surface area contributed by atoms with Crippen LogP contribution in [0.5, 0.6) is 5.75 Å². The predicted molar refractivity (Wildman–Crippen MR) is 132 cm³/mol. The first-order chi connectivity index (χ1) is 14.2. The Bertz CT molecular complexity index is 827. The van der Waals surface area contributed by atoms with Gasteiger partial charge >= 0.3 is 0 Å². The van der Waals surface area contributed by atoms with Gasteiger partial charge < -0.3 is 20.7 Å². The Morgan fingerprint density at radius 2 is 1.77 bits per heavy atom. The molecule has 0 atom stereocenters. The number of hydrogen-bond acceptors (Lipinski definition) is 3. The SMILES string of the molecule is CCNC(=NCC(=O)NCCc1ccccc1)NCCc1ccc2c(c1)CCO2.I. The fourth-order valence-corrected chi connectivity index (χ4v) is 3.26. The van der Waals surface area contributed by atoms with E-state index in [0.29, 0.717) is 12.5 Å². The third-order valence-electron chi connectivity index (χ3n) is 4.76. The Morgan fingerprint density at radius 1 is 1.00 bits per heavy atom. The zero-order chi connectivity index (χ0) is 20.3. The molecule has 2 aromatic carbocycles. The number of ether oxygens (including phenoxy) is 1. The molecule has 0 saturated heterocycles. The highest BCUT2D eigenvalue weighted by Crippen LogP contribution is 2.25. The number of halogens is 1. The molecule has 0 spiro atoms. The standard InChI is InChI=1S/C23H30N4O2.HI/c1-2-24-23(26-14-11-19-8-9-21-20(16-19)12-15-29-21)27-17-22(28)25-13-10-18-6-4-3-5-7-18;/h3-9,16H,2,10-15,17H2,1H3,(H,25,28)(H2,24,26,27);1H. The number of carbonyl (C=O) groups is 1. The Kier molecular flexibility index (Phi) is 10.5. The van der Waals surface area contributed by atoms with E-state index in [1.165, 1.54) is 16.7 Å². The van der Waals surface area contributed by atoms with E-state index in [4.69, 9.17) is 4.74 Å². The first-order valence-corrected chi connectivity index (χ1v) is 10.3. The third kappa shape index (κ3) is 7.85. The minimum atomic E-state index is -0.0724. The monoisotopic (exact) mass is 522 g/mol. The summed E-state index contributed by atoms with van der Waals surface area (Å²) in [5.74, 6) is 1.60. The van der Waals surface area contributed by atoms with E-state index in [-0.39, 0.29) is 36.4 Å². The number of rotatable bonds is 9. The minimum absolute atomic E-state index is 0. The molecular weight excluding hydrogens is 491 g/mol. The van der Waals surface area contributed by atoms with Gasteiger partial charge in [-0.05, 0) is 42.5 Å². The van der Waals surface area contributed by atoms with Crippen LogP contribution >= 0.6 is 24.0 Å². The molecule has 30 heavy (non-hydrogen) atoms. The van der Waals surface area contributed by atoms with Crippen LogP contribution in [-0.4, -0.2) is 44.7 Å². The van der Waals surface area contributed by atoms with E-state index < -0.39 is 0 Å². The van der Waals surface area contributed by atoms with Gasteiger partial charge in [-0.3, -0.25) is 4.79 Å². The van der Waals surface area contributed by atoms with E-state index in [2.05, 4.69) is 51.3 Å². The van der Waals surface area contributed by atoms with Crippen molar-refractivity contribution < 1.29 is 9.53 Å². The van der Waals surface area contributed by atoms with E-state index in [1.807, 2.05) is 25.1 Å². The van der Waals surface area contributed by atoms with E-state index in [9.17, 15) is 4.79 Å². The summed E-state index contributed by atoms with van der Waals surface area (Å²) in [6.07, 6.45) is 2.70. The second-order valence-electron chi connectivity index (χ2n) is 7.00. The van der Waals surface area contributed by atoms with Gasteiger partial charge in [0, 0.05) is 26.1 Å². The molecule has 1 aliphatic rings. The predicted octanol–water partition coefficient (Wildman–Crippen LogP) is 2.70. The minimum Gasteiger partial charge on any atom is -0.493 e. The van der Waals surface area contributed by atoms with Crippen LogP contribution in [0.25, 0.3) is 0 Å². The van der Waals surface area contributed by atoms with Gasteiger partial charge in [-0.15, -0.1) is 24.0 Å². The van der Waals surface area contributed by atoms with Crippen molar-refractivity contribution in [1.82, 2.24) is 16.0 Å². The average Bonchev–Trinajstić information content (AvgIpc) is 3.21. The molecule has 0 saturated carbocycles. The Labute approximate surface area is 195 Å². The van der Waals surface area contributed by atoms with Gasteiger partial charge in [0.1, 0.15) is 12.3 Å². The maximum Gasteiger partial charge on any atom is 0.241 e. The summed E-state index contributed by atoms with van der Waals surface area (Å²) in [6.45, 7) is 5.02. The lowest BCUT2D eigenvalue weighted by atomic mass is 10.1. The summed E-state index contributed by atoms with van der Waals surface area (Å²) < 4.78 is 5.55. The van der Waals surface area contributed by atoms with Crippen molar-refractivity contribution >= 4 is 35.8 Å². The largest absolute Gasteiger partial charge is 0.493 e. The molecule has 1 aliphatic heterocycles. The topological polar surface area (TPSA) is 74.8 Å². The number of carbonyl (C=O) groups excluding carboxylic acids is 1. The van der Waals surface area contributed by atoms with Crippen LogP contribution < -0.4 is 20.7 Å². The molecule has 3 rings (SSSR count). The summed E-state index contributed by atoms with van der Waals surface area (Å²) in [6, 6.07) is 16.5. The Hall–Kier alpha value is -2.29. The maximum atomic E-state index is 12.1. The van der Waals surface area contributed by atoms with Crippen LogP contribution in [0, 0.1) is 0 Å². The smallest absolute Gasteiger partial charge is 0.241 e. The molecule has 6 nitrogen and oxygen atoms in total. The van der Waals surface area contributed by atoms with Crippen molar-refractivity contribution in [2.45, 2.75) is 26.2 Å². The maximum absolute atomic E-state index is 12.1. The average molecular weight is 522 g/mol. The van der Waals surface area contributed by atoms with Crippen LogP contribution in [0.3, 0.4) is 0 Å². The first-order valence-electron chi connectivity index (χ1n) is 10.3. The molecule has 0 bridgehead atoms. The van der Waals surface area contributed by atoms with Gasteiger partial charge in [-0.1, -0.05) is 42.5 Å². The number of guanidine groups is 1. The summed E-state index contributed by atoms with van der Waals surface area (Å²) in [5.41, 5.74) is 3.77. The number of amides is 1. The molecule has 162 valence electrons. The Morgan fingerprint density at radius 3 is 2.57 bits per heavy atom. The van der Waals surface area contributed by atoms with Crippen LogP contribution in [0.2, 0.25) is 0 Å². The highest BCUT2D eigenvalue weighted by atomic mass is 127. The van der Waals surface area contributed by atoms with Gasteiger partial charge in [-0.2, -0.15) is 0 Å². The third-order valence-corrected chi connectivity index (χ3v) is 4.76. The Balaban J connectivity index is 0.00000320. The molecular formula is C23H31IN4O2. The van der Waals surface area contributed by atoms with E-state index in [1.54, 1.807) is 0 Å². The van der Waals surface area contributed by atoms with E-state index in [0.717, 1.165) is 44.7 Å². The number of nitrogens with zero attached hydrogens (tertiary/aromatic N) is 1. The van der Waals surface area contributed by atoms with Crippen LogP contribution in [0.4, 0.5) is 0 Å². The molecule has 0 aromatic heterocycles. The van der Waals surface area contributed by atoms with E-state index >= 15 is 0 Å². The molecule has 2 aromatic rings.